The van der Waals surface area contributed by atoms with Gasteiger partial charge in [-0.2, -0.15) is 0 Å². The van der Waals surface area contributed by atoms with E-state index in [2.05, 4.69) is 12.2 Å². The molecule has 1 fully saturated rings. The molecule has 118 valence electrons. The van der Waals surface area contributed by atoms with Gasteiger partial charge in [0.1, 0.15) is 0 Å². The Bertz CT molecular complexity index is 280. The minimum Gasteiger partial charge on any atom is -0.356 e. The summed E-state index contributed by atoms with van der Waals surface area (Å²) in [6.07, 6.45) is 13.4. The van der Waals surface area contributed by atoms with E-state index in [4.69, 9.17) is 5.73 Å². The topological polar surface area (TPSA) is 55.1 Å². The van der Waals surface area contributed by atoms with Crippen molar-refractivity contribution in [2.45, 2.75) is 90.5 Å². The molecular formula is C17H34N2O. The highest BCUT2D eigenvalue weighted by atomic mass is 16.2. The van der Waals surface area contributed by atoms with Crippen LogP contribution in [0.3, 0.4) is 0 Å². The number of nitrogens with one attached hydrogen (secondary N) is 1. The molecule has 0 radical (unpaired) electrons. The molecule has 3 N–H and O–H groups in total. The van der Waals surface area contributed by atoms with E-state index in [0.717, 1.165) is 32.2 Å². The SMILES string of the molecule is CCCCCCCCCCNC(=O)C1(C)CCCC1N. The summed E-state index contributed by atoms with van der Waals surface area (Å²) in [7, 11) is 0. The van der Waals surface area contributed by atoms with Crippen LogP contribution in [-0.2, 0) is 4.79 Å². The van der Waals surface area contributed by atoms with Crippen LogP contribution in [0.25, 0.3) is 0 Å². The first kappa shape index (κ1) is 17.5. The van der Waals surface area contributed by atoms with Crippen LogP contribution in [0, 0.1) is 5.41 Å². The van der Waals surface area contributed by atoms with E-state index in [0.29, 0.717) is 0 Å². The molecule has 2 unspecified atom stereocenters. The number of hydrogen-bond acceptors (Lipinski definition) is 2. The van der Waals surface area contributed by atoms with Crippen molar-refractivity contribution in [1.29, 1.82) is 0 Å². The molecule has 1 amide bonds. The Morgan fingerprint density at radius 1 is 1.15 bits per heavy atom. The molecule has 0 heterocycles. The summed E-state index contributed by atoms with van der Waals surface area (Å²) in [5, 5.41) is 3.09. The number of amides is 1. The van der Waals surface area contributed by atoms with E-state index in [1.54, 1.807) is 0 Å². The number of unbranched alkanes of at least 4 members (excludes halogenated alkanes) is 7. The highest BCUT2D eigenvalue weighted by Gasteiger charge is 2.42. The number of nitrogens with two attached hydrogens (primary N) is 1. The van der Waals surface area contributed by atoms with Crippen molar-refractivity contribution in [3.05, 3.63) is 0 Å². The van der Waals surface area contributed by atoms with E-state index in [1.807, 2.05) is 6.92 Å². The molecule has 3 heteroatoms. The van der Waals surface area contributed by atoms with Crippen LogP contribution < -0.4 is 11.1 Å². The number of carbonyl (C=O) groups excluding carboxylic acids is 1. The first-order chi connectivity index (χ1) is 9.61. The van der Waals surface area contributed by atoms with Gasteiger partial charge in [0.25, 0.3) is 0 Å². The van der Waals surface area contributed by atoms with E-state index < -0.39 is 0 Å². The zero-order chi connectivity index (χ0) is 14.8. The maximum absolute atomic E-state index is 12.2. The fraction of sp³-hybridized carbons (Fsp3) is 0.941. The van der Waals surface area contributed by atoms with Gasteiger partial charge in [0.15, 0.2) is 0 Å². The van der Waals surface area contributed by atoms with Gasteiger partial charge in [-0.3, -0.25) is 4.79 Å². The third kappa shape index (κ3) is 5.43. The molecule has 0 spiro atoms. The standard InChI is InChI=1S/C17H34N2O/c1-3-4-5-6-7-8-9-10-14-19-16(20)17(2)13-11-12-15(17)18/h15H,3-14,18H2,1-2H3,(H,19,20). The normalized spacial score (nSPS) is 25.9. The Balaban J connectivity index is 2.00. The Morgan fingerprint density at radius 2 is 1.75 bits per heavy atom. The summed E-state index contributed by atoms with van der Waals surface area (Å²) in [5.74, 6) is 0.172. The third-order valence-corrected chi connectivity index (χ3v) is 4.86. The van der Waals surface area contributed by atoms with Gasteiger partial charge in [0.05, 0.1) is 5.41 Å². The van der Waals surface area contributed by atoms with Crippen molar-refractivity contribution in [2.24, 2.45) is 11.1 Å². The second-order valence-corrected chi connectivity index (χ2v) is 6.65. The number of carbonyl (C=O) groups is 1. The Morgan fingerprint density at radius 3 is 2.30 bits per heavy atom. The molecule has 1 aliphatic rings. The maximum Gasteiger partial charge on any atom is 0.227 e. The molecule has 1 aliphatic carbocycles. The van der Waals surface area contributed by atoms with Gasteiger partial charge in [0, 0.05) is 12.6 Å². The average molecular weight is 282 g/mol. The zero-order valence-electron chi connectivity index (χ0n) is 13.5. The molecular weight excluding hydrogens is 248 g/mol. The van der Waals surface area contributed by atoms with E-state index in [-0.39, 0.29) is 17.4 Å². The molecule has 3 nitrogen and oxygen atoms in total. The molecule has 0 bridgehead atoms. The molecule has 0 aromatic rings. The molecule has 1 rings (SSSR count). The summed E-state index contributed by atoms with van der Waals surface area (Å²) in [5.41, 5.74) is 5.74. The van der Waals surface area contributed by atoms with Crippen LogP contribution in [-0.4, -0.2) is 18.5 Å². The third-order valence-electron chi connectivity index (χ3n) is 4.86. The lowest BCUT2D eigenvalue weighted by Crippen LogP contribution is -2.47. The van der Waals surface area contributed by atoms with Gasteiger partial charge < -0.3 is 11.1 Å². The fourth-order valence-corrected chi connectivity index (χ4v) is 3.14. The van der Waals surface area contributed by atoms with Gasteiger partial charge in [-0.25, -0.2) is 0 Å². The minimum absolute atomic E-state index is 0.0427. The van der Waals surface area contributed by atoms with Crippen LogP contribution >= 0.6 is 0 Å². The Kier molecular flexibility index (Phi) is 8.20. The molecule has 0 aliphatic heterocycles. The second-order valence-electron chi connectivity index (χ2n) is 6.65. The number of rotatable bonds is 10. The predicted molar refractivity (Wildman–Crippen MR) is 85.6 cm³/mol. The van der Waals surface area contributed by atoms with Crippen LogP contribution in [0.15, 0.2) is 0 Å². The minimum atomic E-state index is -0.319. The van der Waals surface area contributed by atoms with Crippen LogP contribution in [0.1, 0.15) is 84.5 Å². The molecule has 0 aromatic heterocycles. The highest BCUT2D eigenvalue weighted by Crippen LogP contribution is 2.36. The lowest BCUT2D eigenvalue weighted by Gasteiger charge is -2.27. The smallest absolute Gasteiger partial charge is 0.227 e. The zero-order valence-corrected chi connectivity index (χ0v) is 13.5. The van der Waals surface area contributed by atoms with Gasteiger partial charge in [-0.15, -0.1) is 0 Å². The number of hydrogen-bond donors (Lipinski definition) is 2. The summed E-state index contributed by atoms with van der Waals surface area (Å²) >= 11 is 0. The summed E-state index contributed by atoms with van der Waals surface area (Å²) < 4.78 is 0. The van der Waals surface area contributed by atoms with E-state index in [1.165, 1.54) is 44.9 Å². The first-order valence-corrected chi connectivity index (χ1v) is 8.65. The van der Waals surface area contributed by atoms with Crippen LogP contribution in [0.4, 0.5) is 0 Å². The van der Waals surface area contributed by atoms with Gasteiger partial charge >= 0.3 is 0 Å². The molecule has 20 heavy (non-hydrogen) atoms. The van der Waals surface area contributed by atoms with Crippen molar-refractivity contribution >= 4 is 5.91 Å². The van der Waals surface area contributed by atoms with Crippen molar-refractivity contribution in [2.75, 3.05) is 6.54 Å². The van der Waals surface area contributed by atoms with Crippen LogP contribution in [0.2, 0.25) is 0 Å². The van der Waals surface area contributed by atoms with Crippen molar-refractivity contribution in [3.8, 4) is 0 Å². The monoisotopic (exact) mass is 282 g/mol. The lowest BCUT2D eigenvalue weighted by molar-refractivity contribution is -0.130. The highest BCUT2D eigenvalue weighted by molar-refractivity contribution is 5.83. The molecule has 0 saturated heterocycles. The van der Waals surface area contributed by atoms with Gasteiger partial charge in [-0.05, 0) is 26.2 Å². The quantitative estimate of drug-likeness (QED) is 0.599. The molecule has 2 atom stereocenters. The largest absolute Gasteiger partial charge is 0.356 e. The fourth-order valence-electron chi connectivity index (χ4n) is 3.14. The summed E-state index contributed by atoms with van der Waals surface area (Å²) in [6.45, 7) is 5.09. The summed E-state index contributed by atoms with van der Waals surface area (Å²) in [6, 6.07) is 0.0427. The molecule has 1 saturated carbocycles. The van der Waals surface area contributed by atoms with Crippen molar-refractivity contribution < 1.29 is 4.79 Å². The Labute approximate surface area is 125 Å². The van der Waals surface area contributed by atoms with Gasteiger partial charge in [-0.1, -0.05) is 58.3 Å². The maximum atomic E-state index is 12.2. The van der Waals surface area contributed by atoms with Crippen molar-refractivity contribution in [3.63, 3.8) is 0 Å². The van der Waals surface area contributed by atoms with Crippen LogP contribution in [0.5, 0.6) is 0 Å². The first-order valence-electron chi connectivity index (χ1n) is 8.65. The lowest BCUT2D eigenvalue weighted by atomic mass is 9.84. The van der Waals surface area contributed by atoms with Gasteiger partial charge in [0.2, 0.25) is 5.91 Å². The van der Waals surface area contributed by atoms with E-state index >= 15 is 0 Å². The van der Waals surface area contributed by atoms with E-state index in [9.17, 15) is 4.79 Å². The second kappa shape index (κ2) is 9.38. The average Bonchev–Trinajstić information content (AvgIpc) is 2.78. The van der Waals surface area contributed by atoms with Crippen molar-refractivity contribution in [1.82, 2.24) is 5.32 Å². The predicted octanol–water partition coefficient (Wildman–Crippen LogP) is 3.76. The Hall–Kier alpha value is -0.570. The summed E-state index contributed by atoms with van der Waals surface area (Å²) in [4.78, 5) is 12.2. The molecule has 0 aromatic carbocycles.